The molecule has 0 aliphatic rings. The molecule has 5 nitrogen and oxygen atoms in total. The summed E-state index contributed by atoms with van der Waals surface area (Å²) in [5.41, 5.74) is 0.120. The monoisotopic (exact) mass is 307 g/mol. The maximum Gasteiger partial charge on any atom is 0.270 e. The predicted octanol–water partition coefficient (Wildman–Crippen LogP) is 1.33. The van der Waals surface area contributed by atoms with E-state index in [9.17, 15) is 9.59 Å². The third-order valence-corrected chi connectivity index (χ3v) is 2.58. The van der Waals surface area contributed by atoms with Crippen molar-refractivity contribution in [2.24, 2.45) is 0 Å². The lowest BCUT2D eigenvalue weighted by molar-refractivity contribution is 0.0955. The van der Waals surface area contributed by atoms with E-state index in [-0.39, 0.29) is 12.1 Å². The fourth-order valence-corrected chi connectivity index (χ4v) is 1.59. The molecule has 2 heterocycles. The number of hydrogen-bond donors (Lipinski definition) is 1. The smallest absolute Gasteiger partial charge is 0.270 e. The number of carbonyl (C=O) groups is 1. The van der Waals surface area contributed by atoms with Crippen LogP contribution >= 0.6 is 15.9 Å². The van der Waals surface area contributed by atoms with Crippen LogP contribution in [0.5, 0.6) is 0 Å². The highest BCUT2D eigenvalue weighted by molar-refractivity contribution is 9.11. The molecule has 0 saturated carbocycles. The van der Waals surface area contributed by atoms with Crippen LogP contribution in [0.15, 0.2) is 46.4 Å². The first-order valence-corrected chi connectivity index (χ1v) is 5.97. The average molecular weight is 308 g/mol. The molecule has 92 valence electrons. The van der Waals surface area contributed by atoms with Gasteiger partial charge in [0.2, 0.25) is 0 Å². The Hall–Kier alpha value is -1.95. The number of carbonyl (C=O) groups excluding carboxylic acids is 1. The van der Waals surface area contributed by atoms with E-state index in [1.807, 2.05) is 0 Å². The second kappa shape index (κ2) is 5.14. The van der Waals surface area contributed by atoms with E-state index in [4.69, 9.17) is 0 Å². The van der Waals surface area contributed by atoms with Crippen molar-refractivity contribution >= 4 is 27.5 Å². The van der Waals surface area contributed by atoms with Crippen LogP contribution in [0.2, 0.25) is 0 Å². The first-order chi connectivity index (χ1) is 8.59. The van der Waals surface area contributed by atoms with Crippen molar-refractivity contribution in [3.63, 3.8) is 0 Å². The lowest BCUT2D eigenvalue weighted by Gasteiger charge is -2.05. The molecule has 0 saturated heterocycles. The van der Waals surface area contributed by atoms with Crippen LogP contribution in [0, 0.1) is 0 Å². The zero-order chi connectivity index (χ0) is 13.1. The number of nitrogens with zero attached hydrogens (tertiary/aromatic N) is 2. The number of hydrogen-bond acceptors (Lipinski definition) is 3. The quantitative estimate of drug-likeness (QED) is 0.930. The summed E-state index contributed by atoms with van der Waals surface area (Å²) in [6, 6.07) is 5.18. The van der Waals surface area contributed by atoms with E-state index in [0.717, 1.165) is 0 Å². The second-order valence-electron chi connectivity index (χ2n) is 3.61. The molecular weight excluding hydrogens is 298 g/mol. The minimum absolute atomic E-state index is 0.00690. The van der Waals surface area contributed by atoms with Crippen LogP contribution in [0.4, 0.5) is 0 Å². The Balaban J connectivity index is 2.40. The molecule has 0 atom stereocenters. The van der Waals surface area contributed by atoms with Crippen molar-refractivity contribution < 1.29 is 4.79 Å². The molecule has 0 bridgehead atoms. The molecule has 0 aliphatic carbocycles. The number of halogens is 1. The molecule has 6 heteroatoms. The van der Waals surface area contributed by atoms with Crippen LogP contribution in [0.25, 0.3) is 5.65 Å². The lowest BCUT2D eigenvalue weighted by atomic mass is 10.3. The standard InChI is InChI=1S/C12H10BrN3O2/c1-8(13)6-15-11(17)9-7-14-10-4-2-3-5-16(10)12(9)18/h2-5,7H,1,6H2,(H,15,17). The third-order valence-electron chi connectivity index (χ3n) is 2.30. The van der Waals surface area contributed by atoms with Gasteiger partial charge in [-0.25, -0.2) is 4.98 Å². The highest BCUT2D eigenvalue weighted by Gasteiger charge is 2.12. The second-order valence-corrected chi connectivity index (χ2v) is 4.73. The zero-order valence-electron chi connectivity index (χ0n) is 9.39. The van der Waals surface area contributed by atoms with Crippen molar-refractivity contribution in [2.45, 2.75) is 0 Å². The fraction of sp³-hybridized carbons (Fsp3) is 0.0833. The normalized spacial score (nSPS) is 10.3. The average Bonchev–Trinajstić information content (AvgIpc) is 2.37. The van der Waals surface area contributed by atoms with Gasteiger partial charge in [0.1, 0.15) is 11.2 Å². The number of aromatic nitrogens is 2. The highest BCUT2D eigenvalue weighted by atomic mass is 79.9. The van der Waals surface area contributed by atoms with E-state index in [1.54, 1.807) is 24.4 Å². The number of fused-ring (bicyclic) bond motifs is 1. The molecule has 0 aromatic carbocycles. The molecule has 0 radical (unpaired) electrons. The summed E-state index contributed by atoms with van der Waals surface area (Å²) in [4.78, 5) is 27.9. The summed E-state index contributed by atoms with van der Waals surface area (Å²) in [5.74, 6) is -0.466. The topological polar surface area (TPSA) is 63.5 Å². The Labute approximate surface area is 111 Å². The van der Waals surface area contributed by atoms with Gasteiger partial charge in [0.15, 0.2) is 0 Å². The van der Waals surface area contributed by atoms with Gasteiger partial charge in [0.25, 0.3) is 11.5 Å². The number of amides is 1. The van der Waals surface area contributed by atoms with Crippen LogP contribution in [-0.4, -0.2) is 21.8 Å². The molecule has 2 aromatic heterocycles. The van der Waals surface area contributed by atoms with Crippen LogP contribution < -0.4 is 10.9 Å². The molecule has 0 spiro atoms. The molecule has 2 rings (SSSR count). The Morgan fingerprint density at radius 3 is 3.00 bits per heavy atom. The number of pyridine rings is 1. The van der Waals surface area contributed by atoms with E-state index in [2.05, 4.69) is 32.8 Å². The summed E-state index contributed by atoms with van der Waals surface area (Å²) in [5, 5.41) is 2.57. The molecule has 1 amide bonds. The summed E-state index contributed by atoms with van der Waals surface area (Å²) in [6.07, 6.45) is 2.86. The van der Waals surface area contributed by atoms with Crippen molar-refractivity contribution in [1.82, 2.24) is 14.7 Å². The Bertz CT molecular complexity index is 678. The van der Waals surface area contributed by atoms with Crippen LogP contribution in [0.1, 0.15) is 10.4 Å². The maximum absolute atomic E-state index is 12.0. The van der Waals surface area contributed by atoms with Crippen molar-refractivity contribution in [2.75, 3.05) is 6.54 Å². The van der Waals surface area contributed by atoms with Gasteiger partial charge >= 0.3 is 0 Å². The van der Waals surface area contributed by atoms with Gasteiger partial charge in [-0.1, -0.05) is 28.6 Å². The van der Waals surface area contributed by atoms with Crippen molar-refractivity contribution in [3.8, 4) is 0 Å². The van der Waals surface area contributed by atoms with E-state index < -0.39 is 11.5 Å². The van der Waals surface area contributed by atoms with Crippen LogP contribution in [0.3, 0.4) is 0 Å². The summed E-state index contributed by atoms with van der Waals surface area (Å²) in [6.45, 7) is 3.86. The van der Waals surface area contributed by atoms with Gasteiger partial charge in [-0.05, 0) is 12.1 Å². The first kappa shape index (κ1) is 12.5. The number of nitrogens with one attached hydrogen (secondary N) is 1. The Morgan fingerprint density at radius 1 is 1.50 bits per heavy atom. The molecule has 0 fully saturated rings. The summed E-state index contributed by atoms with van der Waals surface area (Å²) >= 11 is 3.13. The van der Waals surface area contributed by atoms with E-state index in [0.29, 0.717) is 10.1 Å². The summed E-state index contributed by atoms with van der Waals surface area (Å²) < 4.78 is 1.96. The molecular formula is C12H10BrN3O2. The molecule has 0 aliphatic heterocycles. The number of rotatable bonds is 3. The van der Waals surface area contributed by atoms with Gasteiger partial charge in [-0.15, -0.1) is 0 Å². The van der Waals surface area contributed by atoms with Crippen molar-refractivity contribution in [3.05, 3.63) is 57.6 Å². The summed E-state index contributed by atoms with van der Waals surface area (Å²) in [7, 11) is 0. The minimum Gasteiger partial charge on any atom is -0.347 e. The minimum atomic E-state index is -0.466. The van der Waals surface area contributed by atoms with Gasteiger partial charge in [-0.3, -0.25) is 14.0 Å². The van der Waals surface area contributed by atoms with E-state index in [1.165, 1.54) is 10.6 Å². The van der Waals surface area contributed by atoms with Crippen molar-refractivity contribution in [1.29, 1.82) is 0 Å². The van der Waals surface area contributed by atoms with E-state index >= 15 is 0 Å². The van der Waals surface area contributed by atoms with Gasteiger partial charge in [0.05, 0.1) is 0 Å². The SMILES string of the molecule is C=C(Br)CNC(=O)c1cnc2ccccn2c1=O. The first-order valence-electron chi connectivity index (χ1n) is 5.17. The Kier molecular flexibility index (Phi) is 3.57. The van der Waals surface area contributed by atoms with Crippen LogP contribution in [-0.2, 0) is 0 Å². The molecule has 0 unspecified atom stereocenters. The largest absolute Gasteiger partial charge is 0.347 e. The fourth-order valence-electron chi connectivity index (χ4n) is 1.45. The predicted molar refractivity (Wildman–Crippen MR) is 71.9 cm³/mol. The maximum atomic E-state index is 12.0. The Morgan fingerprint density at radius 2 is 2.28 bits per heavy atom. The molecule has 18 heavy (non-hydrogen) atoms. The zero-order valence-corrected chi connectivity index (χ0v) is 11.0. The lowest BCUT2D eigenvalue weighted by Crippen LogP contribution is -2.32. The molecule has 2 aromatic rings. The highest BCUT2D eigenvalue weighted by Crippen LogP contribution is 2.00. The molecule has 1 N–H and O–H groups in total. The van der Waals surface area contributed by atoms with Gasteiger partial charge < -0.3 is 5.32 Å². The third kappa shape index (κ3) is 2.48. The van der Waals surface area contributed by atoms with Gasteiger partial charge in [-0.2, -0.15) is 0 Å². The van der Waals surface area contributed by atoms with Gasteiger partial charge in [0, 0.05) is 23.4 Å².